The second-order valence-electron chi connectivity index (χ2n) is 10.2. The minimum absolute atomic E-state index is 0.0492. The molecule has 0 spiro atoms. The second kappa shape index (κ2) is 9.16. The van der Waals surface area contributed by atoms with Gasteiger partial charge < -0.3 is 23.7 Å². The van der Waals surface area contributed by atoms with E-state index >= 15 is 0 Å². The van der Waals surface area contributed by atoms with Gasteiger partial charge in [-0.05, 0) is 36.9 Å². The summed E-state index contributed by atoms with van der Waals surface area (Å²) in [7, 11) is -1.92. The molecule has 0 saturated carbocycles. The van der Waals surface area contributed by atoms with Gasteiger partial charge in [0.1, 0.15) is 12.2 Å². The minimum Gasteiger partial charge on any atom is -0.414 e. The van der Waals surface area contributed by atoms with Gasteiger partial charge in [-0.25, -0.2) is 0 Å². The van der Waals surface area contributed by atoms with Crippen LogP contribution in [0.5, 0.6) is 0 Å². The van der Waals surface area contributed by atoms with Crippen molar-refractivity contribution in [1.82, 2.24) is 0 Å². The first-order valence-electron chi connectivity index (χ1n) is 10.9. The topological polar surface area (TPSA) is 57.2 Å². The van der Waals surface area contributed by atoms with Crippen LogP contribution in [0.3, 0.4) is 0 Å². The van der Waals surface area contributed by atoms with E-state index in [1.54, 1.807) is 0 Å². The van der Waals surface area contributed by atoms with Crippen LogP contribution in [0.1, 0.15) is 52.4 Å². The van der Waals surface area contributed by atoms with Crippen LogP contribution < -0.4 is 0 Å². The third-order valence-electron chi connectivity index (χ3n) is 6.67. The highest BCUT2D eigenvalue weighted by atomic mass is 28.4. The number of ether oxygens (including phenoxy) is 3. The van der Waals surface area contributed by atoms with E-state index in [2.05, 4.69) is 40.8 Å². The Hall–Kier alpha value is -0.763. The lowest BCUT2D eigenvalue weighted by Gasteiger charge is -2.43. The van der Waals surface area contributed by atoms with Gasteiger partial charge in [0.25, 0.3) is 0 Å². The largest absolute Gasteiger partial charge is 0.414 e. The van der Waals surface area contributed by atoms with Gasteiger partial charge in [-0.15, -0.1) is 0 Å². The maximum atomic E-state index is 10.8. The van der Waals surface area contributed by atoms with E-state index in [1.807, 2.05) is 30.3 Å². The van der Waals surface area contributed by atoms with Crippen molar-refractivity contribution in [2.75, 3.05) is 13.2 Å². The normalized spacial score (nSPS) is 34.2. The zero-order valence-electron chi connectivity index (χ0n) is 18.8. The number of hydrogen-bond acceptors (Lipinski definition) is 5. The van der Waals surface area contributed by atoms with E-state index < -0.39 is 14.4 Å². The second-order valence-corrected chi connectivity index (χ2v) is 15.0. The van der Waals surface area contributed by atoms with Gasteiger partial charge in [-0.2, -0.15) is 0 Å². The predicted molar refractivity (Wildman–Crippen MR) is 116 cm³/mol. The minimum atomic E-state index is -1.92. The van der Waals surface area contributed by atoms with Crippen molar-refractivity contribution < 1.29 is 23.7 Å². The van der Waals surface area contributed by atoms with Gasteiger partial charge in [0.2, 0.25) is 0 Å². The Bertz CT molecular complexity index is 644. The average molecular weight is 423 g/mol. The zero-order valence-corrected chi connectivity index (χ0v) is 19.8. The molecule has 6 heteroatoms. The molecule has 1 unspecified atom stereocenters. The Morgan fingerprint density at radius 1 is 1.07 bits per heavy atom. The molecule has 1 N–H and O–H groups in total. The van der Waals surface area contributed by atoms with Crippen LogP contribution in [-0.4, -0.2) is 51.1 Å². The molecule has 5 nitrogen and oxygen atoms in total. The van der Waals surface area contributed by atoms with Gasteiger partial charge in [-0.3, -0.25) is 0 Å². The zero-order chi connectivity index (χ0) is 21.2. The third kappa shape index (κ3) is 5.69. The number of aliphatic hydroxyl groups is 1. The van der Waals surface area contributed by atoms with E-state index in [1.165, 1.54) is 0 Å². The first-order chi connectivity index (χ1) is 13.6. The van der Waals surface area contributed by atoms with Gasteiger partial charge in [0.15, 0.2) is 14.6 Å². The molecule has 2 heterocycles. The first-order valence-corrected chi connectivity index (χ1v) is 13.8. The van der Waals surface area contributed by atoms with E-state index in [0.717, 1.165) is 12.0 Å². The predicted octanol–water partition coefficient (Wildman–Crippen LogP) is 4.67. The molecule has 29 heavy (non-hydrogen) atoms. The highest BCUT2D eigenvalue weighted by Gasteiger charge is 2.42. The molecule has 0 radical (unpaired) electrons. The van der Waals surface area contributed by atoms with Crippen molar-refractivity contribution in [3.63, 3.8) is 0 Å². The van der Waals surface area contributed by atoms with Crippen LogP contribution in [0.15, 0.2) is 30.3 Å². The van der Waals surface area contributed by atoms with Crippen LogP contribution >= 0.6 is 0 Å². The summed E-state index contributed by atoms with van der Waals surface area (Å²) in [6, 6.07) is 10.0. The van der Waals surface area contributed by atoms with Gasteiger partial charge in [0.05, 0.1) is 25.4 Å². The van der Waals surface area contributed by atoms with Gasteiger partial charge in [0, 0.05) is 5.56 Å². The number of fused-ring (bicyclic) bond motifs is 1. The summed E-state index contributed by atoms with van der Waals surface area (Å²) in [5.74, 6) is 0.339. The standard InChI is InChI=1S/C23H38O5Si/c1-16-12-18(24)20(15-26-29(5,6)23(2,3)4)27-21-14-25-22(28-19(21)13-16)17-10-8-7-9-11-17/h7-11,16,18-22,24H,12-15H2,1-6H3/t16-,18+,19-,20-,21+,22?/m0/s1. The van der Waals surface area contributed by atoms with Crippen molar-refractivity contribution in [2.45, 2.75) is 89.4 Å². The van der Waals surface area contributed by atoms with Crippen LogP contribution in [0.25, 0.3) is 0 Å². The fourth-order valence-corrected chi connectivity index (χ4v) is 4.74. The number of benzene rings is 1. The highest BCUT2D eigenvalue weighted by molar-refractivity contribution is 6.74. The Labute approximate surface area is 176 Å². The summed E-state index contributed by atoms with van der Waals surface area (Å²) in [4.78, 5) is 0. The van der Waals surface area contributed by atoms with Crippen molar-refractivity contribution in [2.24, 2.45) is 5.92 Å². The molecule has 0 aliphatic carbocycles. The highest BCUT2D eigenvalue weighted by Crippen LogP contribution is 2.38. The fraction of sp³-hybridized carbons (Fsp3) is 0.739. The lowest BCUT2D eigenvalue weighted by atomic mass is 9.90. The third-order valence-corrected chi connectivity index (χ3v) is 11.2. The van der Waals surface area contributed by atoms with Crippen LogP contribution in [-0.2, 0) is 18.6 Å². The summed E-state index contributed by atoms with van der Waals surface area (Å²) < 4.78 is 25.0. The van der Waals surface area contributed by atoms with Gasteiger partial charge in [-0.1, -0.05) is 58.0 Å². The number of aliphatic hydroxyl groups excluding tert-OH is 1. The van der Waals surface area contributed by atoms with Gasteiger partial charge >= 0.3 is 0 Å². The molecular formula is C23H38O5Si. The van der Waals surface area contributed by atoms with Crippen molar-refractivity contribution >= 4 is 8.32 Å². The molecule has 164 valence electrons. The summed E-state index contributed by atoms with van der Waals surface area (Å²) in [6.45, 7) is 14.2. The maximum absolute atomic E-state index is 10.8. The molecule has 2 fully saturated rings. The Morgan fingerprint density at radius 3 is 2.41 bits per heavy atom. The van der Waals surface area contributed by atoms with E-state index in [9.17, 15) is 5.11 Å². The molecule has 1 aromatic carbocycles. The van der Waals surface area contributed by atoms with Crippen LogP contribution in [0.2, 0.25) is 18.1 Å². The maximum Gasteiger partial charge on any atom is 0.192 e. The molecule has 2 aliphatic rings. The summed E-state index contributed by atoms with van der Waals surface area (Å²) >= 11 is 0. The Morgan fingerprint density at radius 2 is 1.76 bits per heavy atom. The fourth-order valence-electron chi connectivity index (χ4n) is 3.72. The molecular weight excluding hydrogens is 384 g/mol. The lowest BCUT2D eigenvalue weighted by molar-refractivity contribution is -0.287. The summed E-state index contributed by atoms with van der Waals surface area (Å²) in [6.07, 6.45) is 0.0355. The molecule has 3 rings (SSSR count). The quantitative estimate of drug-likeness (QED) is 0.715. The molecule has 1 aromatic rings. The molecule has 2 aliphatic heterocycles. The lowest BCUT2D eigenvalue weighted by Crippen LogP contribution is -2.52. The number of hydrogen-bond donors (Lipinski definition) is 1. The van der Waals surface area contributed by atoms with E-state index in [-0.39, 0.29) is 29.6 Å². The first kappa shape index (κ1) is 22.9. The monoisotopic (exact) mass is 422 g/mol. The summed E-state index contributed by atoms with van der Waals surface area (Å²) in [5, 5.41) is 10.9. The Balaban J connectivity index is 1.68. The average Bonchev–Trinajstić information content (AvgIpc) is 2.64. The molecule has 0 amide bonds. The van der Waals surface area contributed by atoms with E-state index in [4.69, 9.17) is 18.6 Å². The van der Waals surface area contributed by atoms with Crippen molar-refractivity contribution in [3.05, 3.63) is 35.9 Å². The molecule has 2 saturated heterocycles. The van der Waals surface area contributed by atoms with Crippen LogP contribution in [0.4, 0.5) is 0 Å². The Kier molecular flexibility index (Phi) is 7.24. The number of rotatable bonds is 4. The smallest absolute Gasteiger partial charge is 0.192 e. The summed E-state index contributed by atoms with van der Waals surface area (Å²) in [5.41, 5.74) is 1.03. The molecule has 0 aromatic heterocycles. The SMILES string of the molecule is C[C@H]1C[C@@H](O)[C@H](CO[Si](C)(C)C(C)(C)C)O[C@@H]2COC(c3ccccc3)O[C@H]2C1. The van der Waals surface area contributed by atoms with Crippen molar-refractivity contribution in [3.8, 4) is 0 Å². The van der Waals surface area contributed by atoms with Crippen LogP contribution in [0, 0.1) is 5.92 Å². The molecule has 6 atom stereocenters. The van der Waals surface area contributed by atoms with Crippen molar-refractivity contribution in [1.29, 1.82) is 0 Å². The van der Waals surface area contributed by atoms with E-state index in [0.29, 0.717) is 25.6 Å². The molecule has 0 bridgehead atoms.